The predicted molar refractivity (Wildman–Crippen MR) is 85.1 cm³/mol. The average molecular weight is 312 g/mol. The number of likely N-dealkylation sites (tertiary alicyclic amines) is 1. The van der Waals surface area contributed by atoms with Gasteiger partial charge in [0.15, 0.2) is 0 Å². The lowest BCUT2D eigenvalue weighted by molar-refractivity contribution is 0.193. The molecule has 2 amide bonds. The number of hydrogen-bond donors (Lipinski definition) is 1. The summed E-state index contributed by atoms with van der Waals surface area (Å²) in [5.74, 6) is 3.24. The van der Waals surface area contributed by atoms with E-state index >= 15 is 0 Å². The second-order valence-electron chi connectivity index (χ2n) is 6.14. The number of fused-ring (bicyclic) bond motifs is 1. The summed E-state index contributed by atoms with van der Waals surface area (Å²) < 4.78 is 2.27. The van der Waals surface area contributed by atoms with Gasteiger partial charge in [0.25, 0.3) is 0 Å². The zero-order valence-corrected chi connectivity index (χ0v) is 13.0. The fraction of sp³-hybridized carbons (Fsp3) is 0.500. The van der Waals surface area contributed by atoms with Crippen LogP contribution in [0.3, 0.4) is 0 Å². The molecule has 120 valence electrons. The third-order valence-corrected chi connectivity index (χ3v) is 4.69. The quantitative estimate of drug-likeness (QED) is 0.920. The Bertz CT molecular complexity index is 690. The number of anilines is 1. The van der Waals surface area contributed by atoms with Gasteiger partial charge < -0.3 is 9.47 Å². The van der Waals surface area contributed by atoms with Gasteiger partial charge in [0.2, 0.25) is 0 Å². The van der Waals surface area contributed by atoms with E-state index in [2.05, 4.69) is 25.1 Å². The molecule has 2 aromatic rings. The Kier molecular flexibility index (Phi) is 3.69. The van der Waals surface area contributed by atoms with Crippen molar-refractivity contribution in [3.8, 4) is 0 Å². The standard InChI is InChI=1S/C16H20N6O/c23-16(18-13-4-1-2-8-17-13)21-10-6-12(7-11-21)15-20-19-14-5-3-9-22(14)15/h1-2,4,8,12H,3,5-7,9-11H2,(H,17,18,23). The van der Waals surface area contributed by atoms with Gasteiger partial charge in [-0.2, -0.15) is 0 Å². The Morgan fingerprint density at radius 3 is 2.83 bits per heavy atom. The van der Waals surface area contributed by atoms with Crippen LogP contribution in [0.1, 0.15) is 36.8 Å². The third-order valence-electron chi connectivity index (χ3n) is 4.69. The van der Waals surface area contributed by atoms with Gasteiger partial charge in [-0.1, -0.05) is 6.07 Å². The number of urea groups is 1. The predicted octanol–water partition coefficient (Wildman–Crippen LogP) is 2.03. The maximum absolute atomic E-state index is 12.3. The molecule has 0 radical (unpaired) electrons. The fourth-order valence-electron chi connectivity index (χ4n) is 3.44. The van der Waals surface area contributed by atoms with Gasteiger partial charge in [-0.05, 0) is 31.4 Å². The van der Waals surface area contributed by atoms with Crippen molar-refractivity contribution in [2.24, 2.45) is 0 Å². The van der Waals surface area contributed by atoms with Crippen molar-refractivity contribution >= 4 is 11.8 Å². The van der Waals surface area contributed by atoms with E-state index in [-0.39, 0.29) is 6.03 Å². The van der Waals surface area contributed by atoms with Crippen molar-refractivity contribution in [3.63, 3.8) is 0 Å². The molecule has 2 aliphatic heterocycles. The molecule has 0 saturated carbocycles. The molecule has 23 heavy (non-hydrogen) atoms. The summed E-state index contributed by atoms with van der Waals surface area (Å²) in [6, 6.07) is 5.41. The smallest absolute Gasteiger partial charge is 0.323 e. The molecule has 1 saturated heterocycles. The molecular formula is C16H20N6O. The van der Waals surface area contributed by atoms with Gasteiger partial charge in [0, 0.05) is 38.2 Å². The number of nitrogens with zero attached hydrogens (tertiary/aromatic N) is 5. The van der Waals surface area contributed by atoms with Crippen LogP contribution >= 0.6 is 0 Å². The second-order valence-corrected chi connectivity index (χ2v) is 6.14. The van der Waals surface area contributed by atoms with Crippen LogP contribution in [-0.4, -0.2) is 43.8 Å². The molecular weight excluding hydrogens is 292 g/mol. The van der Waals surface area contributed by atoms with Crippen LogP contribution < -0.4 is 5.32 Å². The van der Waals surface area contributed by atoms with Gasteiger partial charge in [0.1, 0.15) is 17.5 Å². The van der Waals surface area contributed by atoms with E-state index in [0.29, 0.717) is 11.7 Å². The summed E-state index contributed by atoms with van der Waals surface area (Å²) >= 11 is 0. The molecule has 1 N–H and O–H groups in total. The Hall–Kier alpha value is -2.44. The van der Waals surface area contributed by atoms with E-state index in [9.17, 15) is 4.79 Å². The van der Waals surface area contributed by atoms with Gasteiger partial charge in [0.05, 0.1) is 0 Å². The monoisotopic (exact) mass is 312 g/mol. The van der Waals surface area contributed by atoms with E-state index in [1.807, 2.05) is 17.0 Å². The lowest BCUT2D eigenvalue weighted by atomic mass is 9.96. The van der Waals surface area contributed by atoms with E-state index < -0.39 is 0 Å². The van der Waals surface area contributed by atoms with Crippen LogP contribution in [0.5, 0.6) is 0 Å². The molecule has 0 aliphatic carbocycles. The highest BCUT2D eigenvalue weighted by Crippen LogP contribution is 2.29. The highest BCUT2D eigenvalue weighted by molar-refractivity contribution is 5.88. The maximum Gasteiger partial charge on any atom is 0.323 e. The number of carbonyl (C=O) groups is 1. The van der Waals surface area contributed by atoms with Gasteiger partial charge in [-0.3, -0.25) is 5.32 Å². The van der Waals surface area contributed by atoms with Crippen molar-refractivity contribution in [2.75, 3.05) is 18.4 Å². The second kappa shape index (κ2) is 5.98. The highest BCUT2D eigenvalue weighted by atomic mass is 16.2. The largest absolute Gasteiger partial charge is 0.324 e. The molecule has 4 rings (SSSR count). The summed E-state index contributed by atoms with van der Waals surface area (Å²) in [6.45, 7) is 2.52. The Balaban J connectivity index is 1.36. The number of pyridine rings is 1. The van der Waals surface area contributed by atoms with E-state index in [1.54, 1.807) is 12.3 Å². The third kappa shape index (κ3) is 2.78. The average Bonchev–Trinajstić information content (AvgIpc) is 3.19. The SMILES string of the molecule is O=C(Nc1ccccn1)N1CCC(c2nnc3n2CCC3)CC1. The molecule has 2 aromatic heterocycles. The maximum atomic E-state index is 12.3. The van der Waals surface area contributed by atoms with Crippen LogP contribution in [-0.2, 0) is 13.0 Å². The summed E-state index contributed by atoms with van der Waals surface area (Å²) in [6.07, 6.45) is 5.76. The normalized spacial score (nSPS) is 18.0. The Morgan fingerprint density at radius 2 is 2.04 bits per heavy atom. The van der Waals surface area contributed by atoms with Gasteiger partial charge >= 0.3 is 6.03 Å². The molecule has 7 nitrogen and oxygen atoms in total. The first-order valence-corrected chi connectivity index (χ1v) is 8.20. The molecule has 0 aromatic carbocycles. The van der Waals surface area contributed by atoms with Crippen LogP contribution in [0.15, 0.2) is 24.4 Å². The van der Waals surface area contributed by atoms with Crippen LogP contribution in [0.25, 0.3) is 0 Å². The molecule has 7 heteroatoms. The first-order chi connectivity index (χ1) is 11.3. The lowest BCUT2D eigenvalue weighted by Crippen LogP contribution is -2.41. The fourth-order valence-corrected chi connectivity index (χ4v) is 3.44. The summed E-state index contributed by atoms with van der Waals surface area (Å²) in [5.41, 5.74) is 0. The number of rotatable bonds is 2. The molecule has 2 aliphatic rings. The zero-order valence-electron chi connectivity index (χ0n) is 13.0. The van der Waals surface area contributed by atoms with Crippen molar-refractivity contribution in [2.45, 2.75) is 38.1 Å². The number of amides is 2. The molecule has 0 atom stereocenters. The van der Waals surface area contributed by atoms with E-state index in [4.69, 9.17) is 0 Å². The molecule has 0 bridgehead atoms. The molecule has 4 heterocycles. The Labute approximate surface area is 134 Å². The van der Waals surface area contributed by atoms with Crippen LogP contribution in [0.2, 0.25) is 0 Å². The number of aryl methyl sites for hydroxylation is 1. The van der Waals surface area contributed by atoms with E-state index in [0.717, 1.165) is 50.5 Å². The highest BCUT2D eigenvalue weighted by Gasteiger charge is 2.29. The molecule has 0 spiro atoms. The summed E-state index contributed by atoms with van der Waals surface area (Å²) in [4.78, 5) is 18.3. The van der Waals surface area contributed by atoms with Gasteiger partial charge in [-0.15, -0.1) is 10.2 Å². The topological polar surface area (TPSA) is 75.9 Å². The van der Waals surface area contributed by atoms with Crippen molar-refractivity contribution in [1.29, 1.82) is 0 Å². The van der Waals surface area contributed by atoms with Crippen LogP contribution in [0.4, 0.5) is 10.6 Å². The van der Waals surface area contributed by atoms with Crippen LogP contribution in [0, 0.1) is 0 Å². The number of piperidine rings is 1. The van der Waals surface area contributed by atoms with Gasteiger partial charge in [-0.25, -0.2) is 9.78 Å². The first-order valence-electron chi connectivity index (χ1n) is 8.20. The minimum Gasteiger partial charge on any atom is -0.324 e. The first kappa shape index (κ1) is 14.2. The number of hydrogen-bond acceptors (Lipinski definition) is 4. The van der Waals surface area contributed by atoms with Crippen molar-refractivity contribution in [3.05, 3.63) is 36.0 Å². The number of carbonyl (C=O) groups excluding carboxylic acids is 1. The lowest BCUT2D eigenvalue weighted by Gasteiger charge is -2.31. The number of nitrogens with one attached hydrogen (secondary N) is 1. The van der Waals surface area contributed by atoms with Crippen molar-refractivity contribution in [1.82, 2.24) is 24.6 Å². The van der Waals surface area contributed by atoms with E-state index in [1.165, 1.54) is 6.42 Å². The minimum atomic E-state index is -0.0753. The van der Waals surface area contributed by atoms with Crippen molar-refractivity contribution < 1.29 is 4.79 Å². The zero-order chi connectivity index (χ0) is 15.6. The minimum absolute atomic E-state index is 0.0753. The Morgan fingerprint density at radius 1 is 1.17 bits per heavy atom. The summed E-state index contributed by atoms with van der Waals surface area (Å²) in [5, 5.41) is 11.5. The number of aromatic nitrogens is 4. The summed E-state index contributed by atoms with van der Waals surface area (Å²) in [7, 11) is 0. The molecule has 0 unspecified atom stereocenters. The molecule has 1 fully saturated rings.